The zero-order valence-corrected chi connectivity index (χ0v) is 8.87. The minimum Gasteiger partial charge on any atom is -0.350 e. The Morgan fingerprint density at radius 1 is 1.06 bits per heavy atom. The second kappa shape index (κ2) is 4.18. The summed E-state index contributed by atoms with van der Waals surface area (Å²) >= 11 is 5.10. The second-order valence-electron chi connectivity index (χ2n) is 3.25. The molecule has 0 radical (unpaired) electrons. The highest BCUT2D eigenvalue weighted by atomic mass is 35.5. The fraction of sp³-hybridized carbons (Fsp3) is 0.250. The second-order valence-corrected chi connectivity index (χ2v) is 3.78. The van der Waals surface area contributed by atoms with Crippen molar-refractivity contribution in [2.24, 2.45) is 0 Å². The lowest BCUT2D eigenvalue weighted by molar-refractivity contribution is -0.385. The standard InChI is InChI=1S/C8H8ClNO7/c9-7(11,12)4-1-5(8(13,14)15)3-6(2-4)10(16)17/h1-3,11-15H. The van der Waals surface area contributed by atoms with Gasteiger partial charge < -0.3 is 25.5 Å². The highest BCUT2D eigenvalue weighted by molar-refractivity contribution is 6.21. The third-order valence-corrected chi connectivity index (χ3v) is 2.10. The van der Waals surface area contributed by atoms with Gasteiger partial charge in [-0.25, -0.2) is 0 Å². The number of nitro groups is 1. The van der Waals surface area contributed by atoms with E-state index in [2.05, 4.69) is 0 Å². The molecule has 0 aliphatic heterocycles. The summed E-state index contributed by atoms with van der Waals surface area (Å²) in [6, 6.07) is 2.05. The summed E-state index contributed by atoms with van der Waals surface area (Å²) in [6.07, 6.45) is 0. The SMILES string of the molecule is O=[N+]([O-])c1cc(C(O)(O)O)cc(C(O)(O)Cl)c1. The molecule has 0 aromatic heterocycles. The predicted molar refractivity (Wildman–Crippen MR) is 53.4 cm³/mol. The van der Waals surface area contributed by atoms with Crippen LogP contribution < -0.4 is 0 Å². The fourth-order valence-corrected chi connectivity index (χ4v) is 1.20. The van der Waals surface area contributed by atoms with E-state index in [1.165, 1.54) is 0 Å². The lowest BCUT2D eigenvalue weighted by atomic mass is 10.1. The molecular weight excluding hydrogens is 258 g/mol. The number of aliphatic hydroxyl groups is 5. The largest absolute Gasteiger partial charge is 0.350 e. The van der Waals surface area contributed by atoms with Crippen LogP contribution in [-0.2, 0) is 11.2 Å². The quantitative estimate of drug-likeness (QED) is 0.204. The molecule has 0 saturated carbocycles. The topological polar surface area (TPSA) is 144 Å². The van der Waals surface area contributed by atoms with Crippen molar-refractivity contribution >= 4 is 17.3 Å². The van der Waals surface area contributed by atoms with Gasteiger partial charge in [-0.05, 0) is 6.07 Å². The van der Waals surface area contributed by atoms with Crippen LogP contribution in [0.3, 0.4) is 0 Å². The van der Waals surface area contributed by atoms with E-state index < -0.39 is 33.0 Å². The summed E-state index contributed by atoms with van der Waals surface area (Å²) in [5.41, 5.74) is -2.02. The summed E-state index contributed by atoms with van der Waals surface area (Å²) < 4.78 is 0. The smallest absolute Gasteiger partial charge is 0.304 e. The molecule has 0 bridgehead atoms. The van der Waals surface area contributed by atoms with Crippen molar-refractivity contribution in [3.8, 4) is 0 Å². The van der Waals surface area contributed by atoms with E-state index in [4.69, 9.17) is 37.1 Å². The first-order valence-electron chi connectivity index (χ1n) is 4.13. The Labute approximate surface area is 99.1 Å². The molecule has 0 saturated heterocycles. The highest BCUT2D eigenvalue weighted by Gasteiger charge is 2.31. The summed E-state index contributed by atoms with van der Waals surface area (Å²) in [7, 11) is 0. The normalized spacial score (nSPS) is 12.6. The van der Waals surface area contributed by atoms with Crippen LogP contribution in [0.4, 0.5) is 5.69 Å². The molecule has 0 heterocycles. The summed E-state index contributed by atoms with van der Waals surface area (Å²) in [6.45, 7) is 0. The molecule has 1 aromatic rings. The lowest BCUT2D eigenvalue weighted by Gasteiger charge is -2.18. The number of rotatable bonds is 3. The number of alkyl halides is 1. The number of halogens is 1. The van der Waals surface area contributed by atoms with Gasteiger partial charge in [0, 0.05) is 23.3 Å². The maximum Gasteiger partial charge on any atom is 0.304 e. The van der Waals surface area contributed by atoms with Gasteiger partial charge in [-0.2, -0.15) is 0 Å². The Hall–Kier alpha value is -1.29. The van der Waals surface area contributed by atoms with Crippen LogP contribution >= 0.6 is 11.6 Å². The molecule has 0 aliphatic carbocycles. The van der Waals surface area contributed by atoms with Gasteiger partial charge in [0.1, 0.15) is 0 Å². The molecule has 0 fully saturated rings. The predicted octanol–water partition coefficient (Wildman–Crippen LogP) is -0.984. The molecular formula is C8H8ClNO7. The van der Waals surface area contributed by atoms with E-state index in [1.807, 2.05) is 0 Å². The van der Waals surface area contributed by atoms with Gasteiger partial charge in [-0.15, -0.1) is 0 Å². The van der Waals surface area contributed by atoms with E-state index in [-0.39, 0.29) is 0 Å². The number of nitrogens with zero attached hydrogens (tertiary/aromatic N) is 1. The van der Waals surface area contributed by atoms with Crippen LogP contribution in [0.2, 0.25) is 0 Å². The summed E-state index contributed by atoms with van der Waals surface area (Å²) in [5, 5.41) is 52.3. The van der Waals surface area contributed by atoms with Crippen molar-refractivity contribution in [3.05, 3.63) is 39.4 Å². The van der Waals surface area contributed by atoms with E-state index in [0.717, 1.165) is 0 Å². The van der Waals surface area contributed by atoms with Crippen molar-refractivity contribution in [1.29, 1.82) is 0 Å². The van der Waals surface area contributed by atoms with Crippen LogP contribution in [-0.4, -0.2) is 30.5 Å². The van der Waals surface area contributed by atoms with Crippen molar-refractivity contribution < 1.29 is 30.5 Å². The maximum absolute atomic E-state index is 10.5. The number of hydrogen-bond acceptors (Lipinski definition) is 7. The minimum absolute atomic E-state index is 0.593. The van der Waals surface area contributed by atoms with Crippen LogP contribution in [0.15, 0.2) is 18.2 Å². The van der Waals surface area contributed by atoms with Gasteiger partial charge in [-0.3, -0.25) is 10.1 Å². The van der Waals surface area contributed by atoms with Crippen LogP contribution in [0.25, 0.3) is 0 Å². The van der Waals surface area contributed by atoms with Crippen molar-refractivity contribution in [2.45, 2.75) is 11.2 Å². The molecule has 9 heteroatoms. The molecule has 0 atom stereocenters. The minimum atomic E-state index is -3.36. The third-order valence-electron chi connectivity index (χ3n) is 1.88. The molecule has 1 rings (SSSR count). The lowest BCUT2D eigenvalue weighted by Crippen LogP contribution is -2.25. The van der Waals surface area contributed by atoms with Crippen LogP contribution in [0.5, 0.6) is 0 Å². The van der Waals surface area contributed by atoms with Crippen LogP contribution in [0.1, 0.15) is 11.1 Å². The van der Waals surface area contributed by atoms with Gasteiger partial charge in [0.15, 0.2) is 0 Å². The first kappa shape index (κ1) is 13.8. The van der Waals surface area contributed by atoms with Crippen LogP contribution in [0, 0.1) is 10.1 Å². The first-order valence-corrected chi connectivity index (χ1v) is 4.51. The maximum atomic E-state index is 10.5. The van der Waals surface area contributed by atoms with Gasteiger partial charge in [0.2, 0.25) is 0 Å². The summed E-state index contributed by atoms with van der Waals surface area (Å²) in [5.74, 6) is -3.36. The Balaban J connectivity index is 3.45. The Bertz CT molecular complexity index is 416. The Morgan fingerprint density at radius 3 is 1.88 bits per heavy atom. The molecule has 0 aliphatic rings. The number of hydrogen-bond donors (Lipinski definition) is 5. The van der Waals surface area contributed by atoms with E-state index in [9.17, 15) is 10.1 Å². The van der Waals surface area contributed by atoms with Crippen molar-refractivity contribution in [1.82, 2.24) is 0 Å². The molecule has 94 valence electrons. The molecule has 8 nitrogen and oxygen atoms in total. The van der Waals surface area contributed by atoms with E-state index >= 15 is 0 Å². The number of non-ortho nitro benzene ring substituents is 1. The number of nitro benzene ring substituents is 1. The van der Waals surface area contributed by atoms with E-state index in [0.29, 0.717) is 18.2 Å². The zero-order chi connectivity index (χ0) is 13.4. The third kappa shape index (κ3) is 3.33. The first-order chi connectivity index (χ1) is 7.51. The summed E-state index contributed by atoms with van der Waals surface area (Å²) in [4.78, 5) is 9.58. The van der Waals surface area contributed by atoms with Gasteiger partial charge in [-0.1, -0.05) is 11.6 Å². The highest BCUT2D eigenvalue weighted by Crippen LogP contribution is 2.30. The van der Waals surface area contributed by atoms with Gasteiger partial charge >= 0.3 is 5.97 Å². The Kier molecular flexibility index (Phi) is 3.39. The fourth-order valence-electron chi connectivity index (χ4n) is 1.09. The molecule has 0 unspecified atom stereocenters. The Morgan fingerprint density at radius 2 is 1.53 bits per heavy atom. The monoisotopic (exact) mass is 265 g/mol. The molecule has 0 spiro atoms. The molecule has 17 heavy (non-hydrogen) atoms. The molecule has 0 amide bonds. The van der Waals surface area contributed by atoms with Gasteiger partial charge in [0.05, 0.1) is 4.92 Å². The van der Waals surface area contributed by atoms with Crippen molar-refractivity contribution in [3.63, 3.8) is 0 Å². The molecule has 1 aromatic carbocycles. The number of benzene rings is 1. The van der Waals surface area contributed by atoms with Gasteiger partial charge in [0.25, 0.3) is 10.9 Å². The zero-order valence-electron chi connectivity index (χ0n) is 8.11. The average molecular weight is 266 g/mol. The average Bonchev–Trinajstić information content (AvgIpc) is 2.14. The molecule has 5 N–H and O–H groups in total. The van der Waals surface area contributed by atoms with E-state index in [1.54, 1.807) is 0 Å². The van der Waals surface area contributed by atoms with Crippen molar-refractivity contribution in [2.75, 3.05) is 0 Å².